The van der Waals surface area contributed by atoms with Crippen molar-refractivity contribution in [2.45, 2.75) is 23.0 Å². The maximum Gasteiger partial charge on any atom is 0.0387 e. The van der Waals surface area contributed by atoms with E-state index in [1.54, 1.807) is 0 Å². The van der Waals surface area contributed by atoms with Crippen molar-refractivity contribution in [1.82, 2.24) is 0 Å². The van der Waals surface area contributed by atoms with E-state index < -0.39 is 0 Å². The first kappa shape index (κ1) is 24.7. The summed E-state index contributed by atoms with van der Waals surface area (Å²) in [6.45, 7) is 2.30. The van der Waals surface area contributed by atoms with Crippen molar-refractivity contribution in [2.24, 2.45) is 0 Å². The summed E-state index contributed by atoms with van der Waals surface area (Å²) in [6.07, 6.45) is 4.82. The zero-order valence-electron chi connectivity index (χ0n) is 22.8. The van der Waals surface area contributed by atoms with Gasteiger partial charge in [-0.25, -0.2) is 0 Å². The Morgan fingerprint density at radius 3 is 2.24 bits per heavy atom. The topological polar surface area (TPSA) is 0 Å². The second-order valence-electron chi connectivity index (χ2n) is 10.9. The van der Waals surface area contributed by atoms with Gasteiger partial charge in [0.1, 0.15) is 0 Å². The molecule has 1 aromatic heterocycles. The molecule has 0 fully saturated rings. The molecule has 0 bridgehead atoms. The zero-order chi connectivity index (χ0) is 27.3. The predicted octanol–water partition coefficient (Wildman–Crippen LogP) is 11.5. The Labute approximate surface area is 249 Å². The molecule has 2 unspecified atom stereocenters. The van der Waals surface area contributed by atoms with E-state index in [-0.39, 0.29) is 0 Å². The lowest BCUT2D eigenvalue weighted by molar-refractivity contribution is 0.844. The van der Waals surface area contributed by atoms with Crippen LogP contribution in [0.15, 0.2) is 138 Å². The van der Waals surface area contributed by atoms with Crippen LogP contribution >= 0.6 is 23.1 Å². The number of thioether (sulfide) groups is 1. The molecule has 5 aromatic carbocycles. The Morgan fingerprint density at radius 2 is 1.34 bits per heavy atom. The second-order valence-corrected chi connectivity index (χ2v) is 13.1. The second kappa shape index (κ2) is 10.1. The van der Waals surface area contributed by atoms with E-state index in [0.717, 1.165) is 0 Å². The first-order valence-electron chi connectivity index (χ1n) is 14.2. The fourth-order valence-corrected chi connectivity index (χ4v) is 8.71. The molecule has 0 spiro atoms. The number of hydrogen-bond acceptors (Lipinski definition) is 2. The zero-order valence-corrected chi connectivity index (χ0v) is 24.4. The molecule has 1 aliphatic carbocycles. The first-order valence-corrected chi connectivity index (χ1v) is 15.9. The van der Waals surface area contributed by atoms with Crippen molar-refractivity contribution < 1.29 is 0 Å². The van der Waals surface area contributed by atoms with E-state index in [9.17, 15) is 0 Å². The van der Waals surface area contributed by atoms with Crippen LogP contribution in [0.4, 0.5) is 0 Å². The normalized spacial score (nSPS) is 16.7. The van der Waals surface area contributed by atoms with Gasteiger partial charge in [0.25, 0.3) is 0 Å². The van der Waals surface area contributed by atoms with Gasteiger partial charge in [0.2, 0.25) is 0 Å². The van der Waals surface area contributed by atoms with Gasteiger partial charge in [-0.1, -0.05) is 115 Å². The van der Waals surface area contributed by atoms with Crippen molar-refractivity contribution in [3.63, 3.8) is 0 Å². The van der Waals surface area contributed by atoms with Crippen molar-refractivity contribution >= 4 is 50.0 Å². The summed E-state index contributed by atoms with van der Waals surface area (Å²) in [7, 11) is 0. The van der Waals surface area contributed by atoms with E-state index in [4.69, 9.17) is 0 Å². The molecule has 0 saturated heterocycles. The summed E-state index contributed by atoms with van der Waals surface area (Å²) in [4.78, 5) is 1.41. The average molecular weight is 561 g/mol. The molecule has 2 atom stereocenters. The largest absolute Gasteiger partial charge is 0.144 e. The Kier molecular flexibility index (Phi) is 6.05. The van der Waals surface area contributed by atoms with Crippen LogP contribution < -0.4 is 0 Å². The first-order chi connectivity index (χ1) is 20.2. The highest BCUT2D eigenvalue weighted by Crippen LogP contribution is 2.53. The molecule has 2 heterocycles. The summed E-state index contributed by atoms with van der Waals surface area (Å²) < 4.78 is 1.30. The van der Waals surface area contributed by atoms with Crippen molar-refractivity contribution in [1.29, 1.82) is 0 Å². The van der Waals surface area contributed by atoms with Gasteiger partial charge in [-0.05, 0) is 91.2 Å². The maximum absolute atomic E-state index is 2.44. The van der Waals surface area contributed by atoms with Gasteiger partial charge < -0.3 is 0 Å². The number of rotatable bonds is 2. The van der Waals surface area contributed by atoms with E-state index in [0.29, 0.717) is 11.2 Å². The standard InChI is InChI=1S/C39H28S2/c1-25-32-19-20-36-39(35-18-16-30(24-38(35)41-36)26-8-3-2-4-9-26)34(32)12-7-21-40-37-23-31(15-17-33(25)37)29-14-13-27-10-5-6-11-28(27)22-29/h2-24,36,39H,1H3. The minimum atomic E-state index is 0.364. The lowest BCUT2D eigenvalue weighted by Gasteiger charge is -2.24. The minimum absolute atomic E-state index is 0.364. The SMILES string of the molecule is Cc1c2c(cccsc3cc(-c4ccc5ccccc5c4)ccc13)C1c3ccc(-c4ccccc4)cc3SC1C=C2. The Balaban J connectivity index is 1.25. The van der Waals surface area contributed by atoms with Crippen LogP contribution in [0.2, 0.25) is 0 Å². The molecule has 2 aliphatic rings. The van der Waals surface area contributed by atoms with E-state index in [1.807, 2.05) is 23.1 Å². The van der Waals surface area contributed by atoms with Crippen LogP contribution in [0.5, 0.6) is 0 Å². The fourth-order valence-electron chi connectivity index (χ4n) is 6.46. The Morgan fingerprint density at radius 1 is 0.585 bits per heavy atom. The molecule has 0 N–H and O–H groups in total. The van der Waals surface area contributed by atoms with Crippen LogP contribution in [0, 0.1) is 6.92 Å². The van der Waals surface area contributed by atoms with Crippen molar-refractivity contribution in [2.75, 3.05) is 0 Å². The number of hydrogen-bond donors (Lipinski definition) is 0. The van der Waals surface area contributed by atoms with Gasteiger partial charge in [-0.3, -0.25) is 0 Å². The molecule has 1 aliphatic heterocycles. The van der Waals surface area contributed by atoms with Gasteiger partial charge >= 0.3 is 0 Å². The van der Waals surface area contributed by atoms with Gasteiger partial charge in [-0.15, -0.1) is 23.1 Å². The molecule has 0 radical (unpaired) electrons. The van der Waals surface area contributed by atoms with Crippen LogP contribution in [0.1, 0.15) is 28.2 Å². The lowest BCUT2D eigenvalue weighted by atomic mass is 9.81. The number of fused-ring (bicyclic) bond motifs is 7. The summed E-state index contributed by atoms with van der Waals surface area (Å²) in [5.74, 6) is 0.364. The van der Waals surface area contributed by atoms with Crippen LogP contribution in [0.25, 0.3) is 49.2 Å². The van der Waals surface area contributed by atoms with Gasteiger partial charge in [-0.2, -0.15) is 0 Å². The number of benzene rings is 5. The van der Waals surface area contributed by atoms with Crippen LogP contribution in [0.3, 0.4) is 0 Å². The molecule has 0 saturated carbocycles. The predicted molar refractivity (Wildman–Crippen MR) is 180 cm³/mol. The third-order valence-corrected chi connectivity index (χ3v) is 10.8. The van der Waals surface area contributed by atoms with E-state index in [1.165, 1.54) is 70.3 Å². The highest BCUT2D eigenvalue weighted by molar-refractivity contribution is 8.00. The highest BCUT2D eigenvalue weighted by atomic mass is 32.2. The molecular formula is C39H28S2. The molecule has 8 rings (SSSR count). The van der Waals surface area contributed by atoms with E-state index >= 15 is 0 Å². The Bertz CT molecular complexity index is 2050. The molecule has 6 aromatic rings. The highest BCUT2D eigenvalue weighted by Gasteiger charge is 2.36. The third-order valence-electron chi connectivity index (χ3n) is 8.57. The summed E-state index contributed by atoms with van der Waals surface area (Å²) in [6, 6.07) is 44.8. The van der Waals surface area contributed by atoms with E-state index in [2.05, 4.69) is 146 Å². The quantitative estimate of drug-likeness (QED) is 0.203. The van der Waals surface area contributed by atoms with Gasteiger partial charge in [0.15, 0.2) is 0 Å². The molecule has 0 nitrogen and oxygen atoms in total. The molecule has 41 heavy (non-hydrogen) atoms. The molecule has 196 valence electrons. The van der Waals surface area contributed by atoms with Gasteiger partial charge in [0.05, 0.1) is 0 Å². The fraction of sp³-hybridized carbons (Fsp3) is 0.0769. The molecular weight excluding hydrogens is 533 g/mol. The summed E-state index contributed by atoms with van der Waals surface area (Å²) in [5, 5.41) is 6.55. The van der Waals surface area contributed by atoms with Crippen molar-refractivity contribution in [3.8, 4) is 22.3 Å². The summed E-state index contributed by atoms with van der Waals surface area (Å²) >= 11 is 3.83. The molecule has 2 heteroatoms. The minimum Gasteiger partial charge on any atom is -0.144 e. The number of aryl methyl sites for hydroxylation is 1. The Hall–Kier alpha value is -4.11. The molecule has 0 amide bonds. The van der Waals surface area contributed by atoms with Crippen LogP contribution in [-0.2, 0) is 0 Å². The van der Waals surface area contributed by atoms with Crippen molar-refractivity contribution in [3.05, 3.63) is 155 Å². The maximum atomic E-state index is 2.44. The third kappa shape index (κ3) is 4.30. The lowest BCUT2D eigenvalue weighted by Crippen LogP contribution is -2.14. The summed E-state index contributed by atoms with van der Waals surface area (Å²) in [5.41, 5.74) is 10.7. The van der Waals surface area contributed by atoms with Gasteiger partial charge in [0, 0.05) is 20.8 Å². The average Bonchev–Trinajstić information content (AvgIpc) is 3.43. The smallest absolute Gasteiger partial charge is 0.0387 e. The monoisotopic (exact) mass is 560 g/mol. The van der Waals surface area contributed by atoms with Crippen LogP contribution in [-0.4, -0.2) is 5.25 Å².